The molecule has 0 spiro atoms. The van der Waals surface area contributed by atoms with Crippen molar-refractivity contribution in [2.75, 3.05) is 16.8 Å². The van der Waals surface area contributed by atoms with Gasteiger partial charge in [0.1, 0.15) is 4.99 Å². The van der Waals surface area contributed by atoms with Gasteiger partial charge in [-0.2, -0.15) is 0 Å². The molecule has 1 fully saturated rings. The Bertz CT molecular complexity index is 602. The Kier molecular flexibility index (Phi) is 4.32. The summed E-state index contributed by atoms with van der Waals surface area (Å²) in [6.45, 7) is 0. The standard InChI is InChI=1S/C12H15ClN2O2S2/c13-9-4-1-5-10(11(9)12(14)18)15-8-3-2-6-19(16,17)7-8/h1,4-5,8,15H,2-3,6-7H2,(H2,14,18). The molecule has 104 valence electrons. The van der Waals surface area contributed by atoms with E-state index in [1.54, 1.807) is 12.1 Å². The molecule has 0 radical (unpaired) electrons. The van der Waals surface area contributed by atoms with Crippen LogP contribution in [-0.2, 0) is 9.84 Å². The summed E-state index contributed by atoms with van der Waals surface area (Å²) in [6.07, 6.45) is 1.48. The lowest BCUT2D eigenvalue weighted by atomic mass is 10.1. The zero-order valence-corrected chi connectivity index (χ0v) is 12.6. The molecule has 0 saturated carbocycles. The second-order valence-corrected chi connectivity index (χ2v) is 7.70. The fourth-order valence-corrected chi connectivity index (χ4v) is 4.44. The summed E-state index contributed by atoms with van der Waals surface area (Å²) in [5, 5.41) is 3.66. The zero-order valence-electron chi connectivity index (χ0n) is 10.2. The maximum absolute atomic E-state index is 11.6. The second-order valence-electron chi connectivity index (χ2n) is 4.62. The topological polar surface area (TPSA) is 72.2 Å². The third-order valence-corrected chi connectivity index (χ3v) is 5.42. The molecule has 0 amide bonds. The van der Waals surface area contributed by atoms with E-state index >= 15 is 0 Å². The van der Waals surface area contributed by atoms with Crippen LogP contribution in [0.5, 0.6) is 0 Å². The maximum Gasteiger partial charge on any atom is 0.152 e. The van der Waals surface area contributed by atoms with Crippen molar-refractivity contribution >= 4 is 44.3 Å². The van der Waals surface area contributed by atoms with Gasteiger partial charge >= 0.3 is 0 Å². The molecule has 1 aliphatic heterocycles. The lowest BCUT2D eigenvalue weighted by Gasteiger charge is -2.25. The van der Waals surface area contributed by atoms with Crippen molar-refractivity contribution in [3.63, 3.8) is 0 Å². The summed E-state index contributed by atoms with van der Waals surface area (Å²) in [7, 11) is -2.95. The van der Waals surface area contributed by atoms with Gasteiger partial charge in [0, 0.05) is 11.7 Å². The smallest absolute Gasteiger partial charge is 0.152 e. The molecule has 1 unspecified atom stereocenters. The Labute approximate surface area is 123 Å². The van der Waals surface area contributed by atoms with Crippen molar-refractivity contribution in [2.24, 2.45) is 5.73 Å². The van der Waals surface area contributed by atoms with Gasteiger partial charge in [0.2, 0.25) is 0 Å². The molecule has 1 aromatic rings. The van der Waals surface area contributed by atoms with Gasteiger partial charge in [-0.3, -0.25) is 0 Å². The van der Waals surface area contributed by atoms with Crippen LogP contribution in [0, 0.1) is 0 Å². The first-order chi connectivity index (χ1) is 8.89. The fourth-order valence-electron chi connectivity index (χ4n) is 2.25. The van der Waals surface area contributed by atoms with E-state index in [1.165, 1.54) is 0 Å². The van der Waals surface area contributed by atoms with Crippen LogP contribution in [0.2, 0.25) is 5.02 Å². The van der Waals surface area contributed by atoms with E-state index in [9.17, 15) is 8.42 Å². The summed E-state index contributed by atoms with van der Waals surface area (Å²) in [5.74, 6) is 0.402. The van der Waals surface area contributed by atoms with Crippen molar-refractivity contribution in [1.82, 2.24) is 0 Å². The van der Waals surface area contributed by atoms with Gasteiger partial charge in [-0.15, -0.1) is 0 Å². The molecular formula is C12H15ClN2O2S2. The average molecular weight is 319 g/mol. The highest BCUT2D eigenvalue weighted by Gasteiger charge is 2.25. The van der Waals surface area contributed by atoms with Crippen LogP contribution in [0.25, 0.3) is 0 Å². The number of rotatable bonds is 3. The monoisotopic (exact) mass is 318 g/mol. The van der Waals surface area contributed by atoms with Crippen LogP contribution in [0.4, 0.5) is 5.69 Å². The zero-order chi connectivity index (χ0) is 14.0. The van der Waals surface area contributed by atoms with E-state index in [0.29, 0.717) is 22.7 Å². The highest BCUT2D eigenvalue weighted by atomic mass is 35.5. The Morgan fingerprint density at radius 1 is 1.47 bits per heavy atom. The van der Waals surface area contributed by atoms with Gasteiger partial charge in [0.05, 0.1) is 22.1 Å². The van der Waals surface area contributed by atoms with Gasteiger partial charge in [-0.05, 0) is 25.0 Å². The summed E-state index contributed by atoms with van der Waals surface area (Å²) >= 11 is 11.1. The maximum atomic E-state index is 11.6. The molecule has 4 nitrogen and oxygen atoms in total. The number of thiocarbonyl (C=S) groups is 1. The Hall–Kier alpha value is -0.850. The van der Waals surface area contributed by atoms with Crippen LogP contribution in [0.1, 0.15) is 18.4 Å². The average Bonchev–Trinajstić information content (AvgIpc) is 2.26. The van der Waals surface area contributed by atoms with Gasteiger partial charge in [0.25, 0.3) is 0 Å². The van der Waals surface area contributed by atoms with Crippen molar-refractivity contribution in [1.29, 1.82) is 0 Å². The molecule has 3 N–H and O–H groups in total. The van der Waals surface area contributed by atoms with E-state index in [2.05, 4.69) is 5.32 Å². The quantitative estimate of drug-likeness (QED) is 0.834. The molecule has 7 heteroatoms. The van der Waals surface area contributed by atoms with Crippen molar-refractivity contribution in [3.05, 3.63) is 28.8 Å². The minimum absolute atomic E-state index is 0.120. The van der Waals surface area contributed by atoms with Crippen LogP contribution in [0.15, 0.2) is 18.2 Å². The van der Waals surface area contributed by atoms with Gasteiger partial charge < -0.3 is 11.1 Å². The third-order valence-electron chi connectivity index (χ3n) is 3.08. The first kappa shape index (κ1) is 14.6. The van der Waals surface area contributed by atoms with E-state index < -0.39 is 9.84 Å². The fraction of sp³-hybridized carbons (Fsp3) is 0.417. The molecule has 0 aromatic heterocycles. The Morgan fingerprint density at radius 3 is 2.84 bits per heavy atom. The molecule has 1 aromatic carbocycles. The largest absolute Gasteiger partial charge is 0.389 e. The van der Waals surface area contributed by atoms with Crippen LogP contribution < -0.4 is 11.1 Å². The predicted molar refractivity (Wildman–Crippen MR) is 82.6 cm³/mol. The summed E-state index contributed by atoms with van der Waals surface area (Å²) in [6, 6.07) is 5.18. The number of benzene rings is 1. The summed E-state index contributed by atoms with van der Waals surface area (Å²) < 4.78 is 23.2. The van der Waals surface area contributed by atoms with E-state index in [1.807, 2.05) is 6.07 Å². The SMILES string of the molecule is NC(=S)c1c(Cl)cccc1NC1CCCS(=O)(=O)C1. The minimum Gasteiger partial charge on any atom is -0.389 e. The highest BCUT2D eigenvalue weighted by molar-refractivity contribution is 7.91. The first-order valence-corrected chi connectivity index (χ1v) is 8.55. The number of nitrogens with one attached hydrogen (secondary N) is 1. The summed E-state index contributed by atoms with van der Waals surface area (Å²) in [4.78, 5) is 0.201. The normalized spacial score (nSPS) is 21.8. The van der Waals surface area contributed by atoms with Crippen LogP contribution in [0.3, 0.4) is 0 Å². The first-order valence-electron chi connectivity index (χ1n) is 5.94. The third kappa shape index (κ3) is 3.58. The lowest BCUT2D eigenvalue weighted by molar-refractivity contribution is 0.562. The lowest BCUT2D eigenvalue weighted by Crippen LogP contribution is -2.35. The van der Waals surface area contributed by atoms with Crippen molar-refractivity contribution < 1.29 is 8.42 Å². The molecule has 1 saturated heterocycles. The van der Waals surface area contributed by atoms with Crippen molar-refractivity contribution in [2.45, 2.75) is 18.9 Å². The molecular weight excluding hydrogens is 304 g/mol. The molecule has 19 heavy (non-hydrogen) atoms. The molecule has 1 atom stereocenters. The Morgan fingerprint density at radius 2 is 2.21 bits per heavy atom. The number of hydrogen-bond acceptors (Lipinski definition) is 4. The molecule has 1 heterocycles. The van der Waals surface area contributed by atoms with E-state index in [0.717, 1.165) is 6.42 Å². The number of hydrogen-bond donors (Lipinski definition) is 2. The van der Waals surface area contributed by atoms with Crippen LogP contribution in [-0.4, -0.2) is 31.0 Å². The molecule has 0 aliphatic carbocycles. The molecule has 1 aliphatic rings. The van der Waals surface area contributed by atoms with Gasteiger partial charge in [-0.25, -0.2) is 8.42 Å². The highest BCUT2D eigenvalue weighted by Crippen LogP contribution is 2.26. The van der Waals surface area contributed by atoms with Gasteiger partial charge in [0.15, 0.2) is 9.84 Å². The molecule has 0 bridgehead atoms. The number of sulfone groups is 1. The molecule has 2 rings (SSSR count). The van der Waals surface area contributed by atoms with Crippen LogP contribution >= 0.6 is 23.8 Å². The van der Waals surface area contributed by atoms with Gasteiger partial charge in [-0.1, -0.05) is 29.9 Å². The Balaban J connectivity index is 2.24. The number of halogens is 1. The van der Waals surface area contributed by atoms with E-state index in [-0.39, 0.29) is 22.5 Å². The summed E-state index contributed by atoms with van der Waals surface area (Å²) in [5.41, 5.74) is 6.93. The number of anilines is 1. The minimum atomic E-state index is -2.95. The van der Waals surface area contributed by atoms with E-state index in [4.69, 9.17) is 29.6 Å². The van der Waals surface area contributed by atoms with Crippen molar-refractivity contribution in [3.8, 4) is 0 Å². The predicted octanol–water partition coefficient (Wildman–Crippen LogP) is 1.96. The second kappa shape index (κ2) is 5.64. The number of nitrogens with two attached hydrogens (primary N) is 1.